The summed E-state index contributed by atoms with van der Waals surface area (Å²) < 4.78 is 0. The molecule has 1 aromatic carbocycles. The summed E-state index contributed by atoms with van der Waals surface area (Å²) in [7, 11) is 0. The molecule has 0 spiro atoms. The third kappa shape index (κ3) is 2.71. The first-order valence-corrected chi connectivity index (χ1v) is 7.04. The fourth-order valence-corrected chi connectivity index (χ4v) is 3.26. The highest BCUT2D eigenvalue weighted by Gasteiger charge is 2.40. The van der Waals surface area contributed by atoms with Crippen molar-refractivity contribution in [2.24, 2.45) is 5.41 Å². The maximum Gasteiger partial charge on any atom is 0.170 e. The molecule has 1 aliphatic heterocycles. The van der Waals surface area contributed by atoms with E-state index in [2.05, 4.69) is 12.2 Å². The van der Waals surface area contributed by atoms with Crippen LogP contribution in [-0.2, 0) is 0 Å². The summed E-state index contributed by atoms with van der Waals surface area (Å²) in [5.74, 6) is 0.166. The molecular weight excluding hydrogens is 269 g/mol. The predicted molar refractivity (Wildman–Crippen MR) is 75.6 cm³/mol. The summed E-state index contributed by atoms with van der Waals surface area (Å²) in [6.45, 7) is 3.77. The topological polar surface area (TPSA) is 29.1 Å². The van der Waals surface area contributed by atoms with Crippen LogP contribution in [0.3, 0.4) is 0 Å². The van der Waals surface area contributed by atoms with E-state index in [0.29, 0.717) is 15.6 Å². The van der Waals surface area contributed by atoms with Crippen LogP contribution in [-0.4, -0.2) is 18.9 Å². The van der Waals surface area contributed by atoms with Crippen molar-refractivity contribution in [3.8, 4) is 0 Å². The average molecular weight is 286 g/mol. The first-order chi connectivity index (χ1) is 8.57. The Morgan fingerprint density at radius 1 is 1.33 bits per heavy atom. The third-order valence-electron chi connectivity index (χ3n) is 3.58. The molecule has 0 bridgehead atoms. The molecule has 98 valence electrons. The molecule has 18 heavy (non-hydrogen) atoms. The van der Waals surface area contributed by atoms with Gasteiger partial charge in [-0.15, -0.1) is 0 Å². The Morgan fingerprint density at radius 3 is 2.50 bits per heavy atom. The highest BCUT2D eigenvalue weighted by atomic mass is 35.5. The normalized spacial score (nSPS) is 23.3. The van der Waals surface area contributed by atoms with Gasteiger partial charge in [0.05, 0.1) is 0 Å². The van der Waals surface area contributed by atoms with Crippen molar-refractivity contribution in [1.29, 1.82) is 0 Å². The lowest BCUT2D eigenvalue weighted by Gasteiger charge is -2.26. The van der Waals surface area contributed by atoms with Crippen LogP contribution in [0.2, 0.25) is 10.0 Å². The molecule has 2 rings (SSSR count). The monoisotopic (exact) mass is 285 g/mol. The lowest BCUT2D eigenvalue weighted by Crippen LogP contribution is -2.33. The molecule has 0 aliphatic carbocycles. The first kappa shape index (κ1) is 13.9. The summed E-state index contributed by atoms with van der Waals surface area (Å²) in [5.41, 5.74) is 0.354. The summed E-state index contributed by atoms with van der Waals surface area (Å²) in [5, 5.41) is 4.33. The summed E-state index contributed by atoms with van der Waals surface area (Å²) in [6.07, 6.45) is 2.80. The number of hydrogen-bond donors (Lipinski definition) is 1. The van der Waals surface area contributed by atoms with Crippen LogP contribution < -0.4 is 5.32 Å². The SMILES string of the molecule is CCCC1(C(=O)c2cc(Cl)cc(Cl)c2)CCNC1. The third-order valence-corrected chi connectivity index (χ3v) is 4.02. The van der Waals surface area contributed by atoms with E-state index in [9.17, 15) is 4.79 Å². The van der Waals surface area contributed by atoms with E-state index >= 15 is 0 Å². The molecule has 1 atom stereocenters. The highest BCUT2D eigenvalue weighted by molar-refractivity contribution is 6.35. The Hall–Kier alpha value is -0.570. The van der Waals surface area contributed by atoms with Crippen molar-refractivity contribution in [3.63, 3.8) is 0 Å². The van der Waals surface area contributed by atoms with Crippen LogP contribution in [0.4, 0.5) is 0 Å². The number of rotatable bonds is 4. The number of nitrogens with one attached hydrogen (secondary N) is 1. The van der Waals surface area contributed by atoms with E-state index < -0.39 is 0 Å². The molecule has 1 unspecified atom stereocenters. The van der Waals surface area contributed by atoms with Crippen LogP contribution in [0.25, 0.3) is 0 Å². The number of benzene rings is 1. The van der Waals surface area contributed by atoms with E-state index in [0.717, 1.165) is 32.4 Å². The number of halogens is 2. The van der Waals surface area contributed by atoms with Gasteiger partial charge in [0.1, 0.15) is 0 Å². The minimum Gasteiger partial charge on any atom is -0.316 e. The standard InChI is InChI=1S/C14H17Cl2NO/c1-2-3-14(4-5-17-9-14)13(18)10-6-11(15)8-12(16)7-10/h6-8,17H,2-5,9H2,1H3. The van der Waals surface area contributed by atoms with E-state index in [4.69, 9.17) is 23.2 Å². The van der Waals surface area contributed by atoms with Crippen LogP contribution in [0.5, 0.6) is 0 Å². The van der Waals surface area contributed by atoms with E-state index in [1.807, 2.05) is 0 Å². The smallest absolute Gasteiger partial charge is 0.170 e. The number of ketones is 1. The zero-order chi connectivity index (χ0) is 13.2. The second-order valence-electron chi connectivity index (χ2n) is 4.94. The van der Waals surface area contributed by atoms with Crippen LogP contribution in [0.15, 0.2) is 18.2 Å². The molecule has 1 heterocycles. The quantitative estimate of drug-likeness (QED) is 0.849. The minimum atomic E-state index is -0.275. The molecule has 1 aliphatic rings. The molecule has 0 aromatic heterocycles. The van der Waals surface area contributed by atoms with Gasteiger partial charge in [-0.2, -0.15) is 0 Å². The van der Waals surface area contributed by atoms with Gasteiger partial charge in [-0.25, -0.2) is 0 Å². The zero-order valence-electron chi connectivity index (χ0n) is 10.4. The number of hydrogen-bond acceptors (Lipinski definition) is 2. The molecule has 0 amide bonds. The largest absolute Gasteiger partial charge is 0.316 e. The Balaban J connectivity index is 2.33. The molecule has 1 N–H and O–H groups in total. The van der Waals surface area contributed by atoms with Crippen molar-refractivity contribution in [1.82, 2.24) is 5.32 Å². The van der Waals surface area contributed by atoms with Gasteiger partial charge < -0.3 is 5.32 Å². The molecule has 0 radical (unpaired) electrons. The van der Waals surface area contributed by atoms with Crippen molar-refractivity contribution in [3.05, 3.63) is 33.8 Å². The fourth-order valence-electron chi connectivity index (χ4n) is 2.73. The molecule has 1 fully saturated rings. The van der Waals surface area contributed by atoms with Gasteiger partial charge in [0.15, 0.2) is 5.78 Å². The first-order valence-electron chi connectivity index (χ1n) is 6.29. The fraction of sp³-hybridized carbons (Fsp3) is 0.500. The Bertz CT molecular complexity index is 433. The van der Waals surface area contributed by atoms with Gasteiger partial charge in [-0.05, 0) is 37.6 Å². The molecular formula is C14H17Cl2NO. The lowest BCUT2D eigenvalue weighted by molar-refractivity contribution is 0.0802. The number of Topliss-reactive ketones (excluding diaryl/α,β-unsaturated/α-hetero) is 1. The maximum atomic E-state index is 12.7. The van der Waals surface area contributed by atoms with Gasteiger partial charge in [-0.3, -0.25) is 4.79 Å². The van der Waals surface area contributed by atoms with Gasteiger partial charge in [0.2, 0.25) is 0 Å². The second kappa shape index (κ2) is 5.60. The zero-order valence-corrected chi connectivity index (χ0v) is 11.9. The van der Waals surface area contributed by atoms with E-state index in [1.165, 1.54) is 0 Å². The Labute approximate surface area is 118 Å². The minimum absolute atomic E-state index is 0.166. The predicted octanol–water partition coefficient (Wildman–Crippen LogP) is 3.96. The average Bonchev–Trinajstić information content (AvgIpc) is 2.77. The van der Waals surface area contributed by atoms with Gasteiger partial charge >= 0.3 is 0 Å². The van der Waals surface area contributed by atoms with Gasteiger partial charge in [0, 0.05) is 27.6 Å². The van der Waals surface area contributed by atoms with Gasteiger partial charge in [-0.1, -0.05) is 36.5 Å². The molecule has 4 heteroatoms. The van der Waals surface area contributed by atoms with Crippen molar-refractivity contribution < 1.29 is 4.79 Å². The molecule has 0 saturated carbocycles. The number of carbonyl (C=O) groups is 1. The highest BCUT2D eigenvalue weighted by Crippen LogP contribution is 2.36. The molecule has 1 aromatic rings. The molecule has 1 saturated heterocycles. The second-order valence-corrected chi connectivity index (χ2v) is 5.82. The van der Waals surface area contributed by atoms with Crippen LogP contribution in [0.1, 0.15) is 36.5 Å². The Morgan fingerprint density at radius 2 is 2.00 bits per heavy atom. The van der Waals surface area contributed by atoms with Crippen molar-refractivity contribution >= 4 is 29.0 Å². The summed E-state index contributed by atoms with van der Waals surface area (Å²) >= 11 is 11.9. The number of carbonyl (C=O) groups excluding carboxylic acids is 1. The van der Waals surface area contributed by atoms with Crippen molar-refractivity contribution in [2.45, 2.75) is 26.2 Å². The van der Waals surface area contributed by atoms with Crippen LogP contribution >= 0.6 is 23.2 Å². The van der Waals surface area contributed by atoms with Gasteiger partial charge in [0.25, 0.3) is 0 Å². The summed E-state index contributed by atoms with van der Waals surface area (Å²) in [6, 6.07) is 5.08. The maximum absolute atomic E-state index is 12.7. The summed E-state index contributed by atoms with van der Waals surface area (Å²) in [4.78, 5) is 12.7. The van der Waals surface area contributed by atoms with Crippen molar-refractivity contribution in [2.75, 3.05) is 13.1 Å². The van der Waals surface area contributed by atoms with Crippen LogP contribution in [0, 0.1) is 5.41 Å². The van der Waals surface area contributed by atoms with E-state index in [1.54, 1.807) is 18.2 Å². The Kier molecular flexibility index (Phi) is 4.31. The van der Waals surface area contributed by atoms with E-state index in [-0.39, 0.29) is 11.2 Å². The lowest BCUT2D eigenvalue weighted by atomic mass is 9.76. The molecule has 2 nitrogen and oxygen atoms in total.